The van der Waals surface area contributed by atoms with Crippen LogP contribution >= 0.6 is 11.3 Å². The van der Waals surface area contributed by atoms with E-state index in [4.69, 9.17) is 5.73 Å². The first-order valence-electron chi connectivity index (χ1n) is 5.01. The topological polar surface area (TPSA) is 69.6 Å². The lowest BCUT2D eigenvalue weighted by Crippen LogP contribution is -1.93. The second kappa shape index (κ2) is 3.99. The molecule has 5 nitrogen and oxygen atoms in total. The number of hydrogen-bond donors (Lipinski definition) is 1. The van der Waals surface area contributed by atoms with Gasteiger partial charge in [0.1, 0.15) is 23.3 Å². The Morgan fingerprint density at radius 2 is 2.00 bits per heavy atom. The Balaban J connectivity index is 2.18. The zero-order valence-electron chi connectivity index (χ0n) is 8.82. The summed E-state index contributed by atoms with van der Waals surface area (Å²) < 4.78 is 1.68. The second-order valence-corrected chi connectivity index (χ2v) is 4.42. The Morgan fingerprint density at radius 1 is 1.18 bits per heavy atom. The standard InChI is InChI=1S/C11H9N5S/c12-11-15-9(8-4-2-1-3-5-8)10(17-11)16-7-13-6-14-16/h1-7H,(H2,12,15). The van der Waals surface area contributed by atoms with Crippen LogP contribution in [-0.2, 0) is 0 Å². The van der Waals surface area contributed by atoms with Gasteiger partial charge in [-0.2, -0.15) is 5.10 Å². The molecular formula is C11H9N5S. The molecule has 2 heterocycles. The van der Waals surface area contributed by atoms with Crippen LogP contribution in [0.3, 0.4) is 0 Å². The van der Waals surface area contributed by atoms with E-state index in [1.54, 1.807) is 11.0 Å². The Labute approximate surface area is 102 Å². The third kappa shape index (κ3) is 1.78. The van der Waals surface area contributed by atoms with Gasteiger partial charge in [0.2, 0.25) is 0 Å². The van der Waals surface area contributed by atoms with E-state index in [1.165, 1.54) is 17.7 Å². The molecule has 0 aliphatic heterocycles. The molecule has 0 saturated heterocycles. The molecule has 0 spiro atoms. The number of nitrogens with two attached hydrogens (primary N) is 1. The molecule has 0 fully saturated rings. The molecule has 0 aliphatic rings. The fraction of sp³-hybridized carbons (Fsp3) is 0. The van der Waals surface area contributed by atoms with Gasteiger partial charge in [-0.05, 0) is 0 Å². The summed E-state index contributed by atoms with van der Waals surface area (Å²) in [4.78, 5) is 8.28. The molecule has 3 aromatic rings. The molecule has 2 N–H and O–H groups in total. The van der Waals surface area contributed by atoms with E-state index in [9.17, 15) is 0 Å². The predicted octanol–water partition coefficient (Wildman–Crippen LogP) is 1.97. The number of nitrogens with zero attached hydrogens (tertiary/aromatic N) is 4. The van der Waals surface area contributed by atoms with Crippen LogP contribution in [0, 0.1) is 0 Å². The zero-order valence-corrected chi connectivity index (χ0v) is 9.63. The van der Waals surface area contributed by atoms with E-state index in [1.807, 2.05) is 30.3 Å². The lowest BCUT2D eigenvalue weighted by molar-refractivity contribution is 0.895. The van der Waals surface area contributed by atoms with Crippen LogP contribution in [0.15, 0.2) is 43.0 Å². The van der Waals surface area contributed by atoms with Gasteiger partial charge in [0.25, 0.3) is 0 Å². The molecule has 0 saturated carbocycles. The highest BCUT2D eigenvalue weighted by molar-refractivity contribution is 7.18. The molecule has 0 atom stereocenters. The summed E-state index contributed by atoms with van der Waals surface area (Å²) in [6.07, 6.45) is 3.13. The highest BCUT2D eigenvalue weighted by Crippen LogP contribution is 2.31. The average molecular weight is 243 g/mol. The number of thiazole rings is 1. The molecule has 0 radical (unpaired) electrons. The molecule has 6 heteroatoms. The predicted molar refractivity (Wildman–Crippen MR) is 66.9 cm³/mol. The van der Waals surface area contributed by atoms with Gasteiger partial charge < -0.3 is 5.73 Å². The number of aromatic nitrogens is 4. The number of rotatable bonds is 2. The fourth-order valence-electron chi connectivity index (χ4n) is 1.58. The van der Waals surface area contributed by atoms with Crippen LogP contribution in [-0.4, -0.2) is 19.7 Å². The first-order valence-corrected chi connectivity index (χ1v) is 5.83. The van der Waals surface area contributed by atoms with E-state index in [-0.39, 0.29) is 0 Å². The van der Waals surface area contributed by atoms with Crippen molar-refractivity contribution in [2.45, 2.75) is 0 Å². The van der Waals surface area contributed by atoms with Gasteiger partial charge in [-0.1, -0.05) is 41.7 Å². The molecule has 3 rings (SSSR count). The van der Waals surface area contributed by atoms with E-state index < -0.39 is 0 Å². The van der Waals surface area contributed by atoms with Crippen LogP contribution in [0.2, 0.25) is 0 Å². The molecule has 84 valence electrons. The fourth-order valence-corrected chi connectivity index (χ4v) is 2.36. The lowest BCUT2D eigenvalue weighted by Gasteiger charge is -2.00. The maximum Gasteiger partial charge on any atom is 0.182 e. The Bertz CT molecular complexity index is 615. The monoisotopic (exact) mass is 243 g/mol. The van der Waals surface area contributed by atoms with Gasteiger partial charge in [0.15, 0.2) is 5.13 Å². The molecule has 0 amide bonds. The van der Waals surface area contributed by atoms with Crippen LogP contribution in [0.5, 0.6) is 0 Å². The number of benzene rings is 1. The molecule has 17 heavy (non-hydrogen) atoms. The minimum Gasteiger partial charge on any atom is -0.375 e. The largest absolute Gasteiger partial charge is 0.375 e. The number of nitrogen functional groups attached to an aromatic ring is 1. The Morgan fingerprint density at radius 3 is 2.71 bits per heavy atom. The van der Waals surface area contributed by atoms with Crippen LogP contribution in [0.1, 0.15) is 0 Å². The minimum absolute atomic E-state index is 0.523. The zero-order chi connectivity index (χ0) is 11.7. The van der Waals surface area contributed by atoms with Crippen molar-refractivity contribution in [2.24, 2.45) is 0 Å². The SMILES string of the molecule is Nc1nc(-c2ccccc2)c(-n2cncn2)s1. The maximum absolute atomic E-state index is 5.77. The number of anilines is 1. The summed E-state index contributed by atoms with van der Waals surface area (Å²) in [5.41, 5.74) is 7.62. The summed E-state index contributed by atoms with van der Waals surface area (Å²) in [5.74, 6) is 0. The van der Waals surface area contributed by atoms with Crippen molar-refractivity contribution in [2.75, 3.05) is 5.73 Å². The van der Waals surface area contributed by atoms with Gasteiger partial charge in [-0.15, -0.1) is 0 Å². The summed E-state index contributed by atoms with van der Waals surface area (Å²) in [6.45, 7) is 0. The van der Waals surface area contributed by atoms with Crippen LogP contribution < -0.4 is 5.73 Å². The Hall–Kier alpha value is -2.21. The van der Waals surface area contributed by atoms with Crippen molar-refractivity contribution in [3.05, 3.63) is 43.0 Å². The molecule has 0 unspecified atom stereocenters. The van der Waals surface area contributed by atoms with Crippen molar-refractivity contribution in [1.82, 2.24) is 19.7 Å². The average Bonchev–Trinajstić information content (AvgIpc) is 2.98. The third-order valence-electron chi connectivity index (χ3n) is 2.30. The quantitative estimate of drug-likeness (QED) is 0.747. The Kier molecular flexibility index (Phi) is 2.34. The first kappa shape index (κ1) is 9.98. The summed E-state index contributed by atoms with van der Waals surface area (Å²) in [5, 5.41) is 5.51. The normalized spacial score (nSPS) is 10.6. The molecule has 0 bridgehead atoms. The molecular weight excluding hydrogens is 234 g/mol. The highest BCUT2D eigenvalue weighted by atomic mass is 32.1. The summed E-state index contributed by atoms with van der Waals surface area (Å²) in [7, 11) is 0. The number of hydrogen-bond acceptors (Lipinski definition) is 5. The molecule has 2 aromatic heterocycles. The van der Waals surface area contributed by atoms with Gasteiger partial charge in [0.05, 0.1) is 0 Å². The van der Waals surface area contributed by atoms with Crippen LogP contribution in [0.25, 0.3) is 16.3 Å². The van der Waals surface area contributed by atoms with E-state index in [0.29, 0.717) is 5.13 Å². The van der Waals surface area contributed by atoms with Gasteiger partial charge in [-0.3, -0.25) is 0 Å². The first-order chi connectivity index (χ1) is 8.34. The highest BCUT2D eigenvalue weighted by Gasteiger charge is 2.13. The van der Waals surface area contributed by atoms with Crippen molar-refractivity contribution >= 4 is 16.5 Å². The van der Waals surface area contributed by atoms with Crippen molar-refractivity contribution < 1.29 is 0 Å². The summed E-state index contributed by atoms with van der Waals surface area (Å²) in [6, 6.07) is 9.89. The van der Waals surface area contributed by atoms with E-state index in [0.717, 1.165) is 16.3 Å². The minimum atomic E-state index is 0.523. The van der Waals surface area contributed by atoms with Gasteiger partial charge in [0, 0.05) is 5.56 Å². The molecule has 0 aliphatic carbocycles. The second-order valence-electron chi connectivity index (χ2n) is 3.41. The van der Waals surface area contributed by atoms with E-state index in [2.05, 4.69) is 15.1 Å². The van der Waals surface area contributed by atoms with Gasteiger partial charge >= 0.3 is 0 Å². The summed E-state index contributed by atoms with van der Waals surface area (Å²) >= 11 is 1.39. The van der Waals surface area contributed by atoms with Crippen molar-refractivity contribution in [3.8, 4) is 16.3 Å². The third-order valence-corrected chi connectivity index (χ3v) is 3.17. The van der Waals surface area contributed by atoms with Gasteiger partial charge in [-0.25, -0.2) is 14.6 Å². The van der Waals surface area contributed by atoms with Crippen molar-refractivity contribution in [1.29, 1.82) is 0 Å². The molecule has 1 aromatic carbocycles. The van der Waals surface area contributed by atoms with E-state index >= 15 is 0 Å². The van der Waals surface area contributed by atoms with Crippen LogP contribution in [0.4, 0.5) is 5.13 Å². The smallest absolute Gasteiger partial charge is 0.182 e. The van der Waals surface area contributed by atoms with Crippen molar-refractivity contribution in [3.63, 3.8) is 0 Å². The lowest BCUT2D eigenvalue weighted by atomic mass is 10.2. The maximum atomic E-state index is 5.77.